The highest BCUT2D eigenvalue weighted by Crippen LogP contribution is 2.75. The van der Waals surface area contributed by atoms with Crippen LogP contribution in [0.2, 0.25) is 0 Å². The molecule has 5 aliphatic rings. The Kier molecular flexibility index (Phi) is 4.82. The van der Waals surface area contributed by atoms with Gasteiger partial charge in [0, 0.05) is 0 Å². The average molecular weight is 427 g/mol. The van der Waals surface area contributed by atoms with E-state index in [1.54, 1.807) is 0 Å². The van der Waals surface area contributed by atoms with Gasteiger partial charge in [-0.1, -0.05) is 67.0 Å². The summed E-state index contributed by atoms with van der Waals surface area (Å²) < 4.78 is 0. The molecule has 10 atom stereocenters. The quantitative estimate of drug-likeness (QED) is 0.389. The Balaban J connectivity index is 1.59. The fourth-order valence-electron chi connectivity index (χ4n) is 10.8. The van der Waals surface area contributed by atoms with Gasteiger partial charge in [0.05, 0.1) is 6.10 Å². The number of rotatable bonds is 0. The minimum absolute atomic E-state index is 0.0533. The molecule has 0 heterocycles. The van der Waals surface area contributed by atoms with Crippen molar-refractivity contribution in [1.29, 1.82) is 0 Å². The predicted octanol–water partition coefficient (Wildman–Crippen LogP) is 8.02. The summed E-state index contributed by atoms with van der Waals surface area (Å²) in [5, 5.41) is 10.9. The highest BCUT2D eigenvalue weighted by molar-refractivity contribution is 5.33. The van der Waals surface area contributed by atoms with Crippen molar-refractivity contribution in [2.24, 2.45) is 56.7 Å². The van der Waals surface area contributed by atoms with Gasteiger partial charge in [0.2, 0.25) is 0 Å². The van der Waals surface area contributed by atoms with E-state index in [9.17, 15) is 5.11 Å². The smallest absolute Gasteiger partial charge is 0.0594 e. The first-order chi connectivity index (χ1) is 14.3. The number of fused-ring (bicyclic) bond motifs is 7. The summed E-state index contributed by atoms with van der Waals surface area (Å²) in [7, 11) is 0. The lowest BCUT2D eigenvalue weighted by atomic mass is 9.33. The van der Waals surface area contributed by atoms with E-state index < -0.39 is 0 Å². The van der Waals surface area contributed by atoms with Crippen LogP contribution in [0.15, 0.2) is 11.6 Å². The molecule has 4 fully saturated rings. The van der Waals surface area contributed by atoms with E-state index in [0.717, 1.165) is 30.1 Å². The number of aliphatic hydroxyl groups excluding tert-OH is 1. The Labute approximate surface area is 192 Å². The second-order valence-corrected chi connectivity index (χ2v) is 14.7. The van der Waals surface area contributed by atoms with Crippen molar-refractivity contribution in [2.45, 2.75) is 119 Å². The first-order valence-electron chi connectivity index (χ1n) is 13.7. The third-order valence-corrected chi connectivity index (χ3v) is 13.4. The largest absolute Gasteiger partial charge is 0.393 e. The molecule has 1 nitrogen and oxygen atoms in total. The maximum atomic E-state index is 10.9. The molecule has 0 aromatic heterocycles. The number of hydrogen-bond acceptors (Lipinski definition) is 1. The first kappa shape index (κ1) is 22.5. The van der Waals surface area contributed by atoms with E-state index in [1.807, 2.05) is 5.57 Å². The van der Waals surface area contributed by atoms with Gasteiger partial charge in [-0.2, -0.15) is 0 Å². The minimum atomic E-state index is -0.125. The molecule has 0 spiro atoms. The monoisotopic (exact) mass is 426 g/mol. The molecule has 1 N–H and O–H groups in total. The summed E-state index contributed by atoms with van der Waals surface area (Å²) in [6.07, 6.45) is 14.5. The van der Waals surface area contributed by atoms with Crippen molar-refractivity contribution >= 4 is 0 Å². The molecule has 4 saturated carbocycles. The zero-order valence-electron chi connectivity index (χ0n) is 21.9. The van der Waals surface area contributed by atoms with Crippen LogP contribution in [0.3, 0.4) is 0 Å². The summed E-state index contributed by atoms with van der Waals surface area (Å²) >= 11 is 0. The molecule has 176 valence electrons. The zero-order chi connectivity index (χ0) is 22.6. The van der Waals surface area contributed by atoms with E-state index in [-0.39, 0.29) is 11.5 Å². The number of aliphatic hydroxyl groups is 1. The summed E-state index contributed by atoms with van der Waals surface area (Å²) in [4.78, 5) is 0. The summed E-state index contributed by atoms with van der Waals surface area (Å²) in [5.41, 5.74) is 3.60. The molecule has 0 amide bonds. The van der Waals surface area contributed by atoms with Crippen LogP contribution in [0.25, 0.3) is 0 Å². The van der Waals surface area contributed by atoms with E-state index in [0.29, 0.717) is 27.6 Å². The lowest BCUT2D eigenvalue weighted by Crippen LogP contribution is -2.64. The molecule has 3 unspecified atom stereocenters. The third kappa shape index (κ3) is 2.65. The van der Waals surface area contributed by atoms with Gasteiger partial charge in [0.15, 0.2) is 0 Å². The second-order valence-electron chi connectivity index (χ2n) is 14.7. The Morgan fingerprint density at radius 1 is 0.806 bits per heavy atom. The molecule has 5 rings (SSSR count). The molecule has 0 aromatic rings. The average Bonchev–Trinajstić information content (AvgIpc) is 2.69. The van der Waals surface area contributed by atoms with Crippen LogP contribution in [0.5, 0.6) is 0 Å². The molecular formula is C30H50O. The Hall–Kier alpha value is -0.300. The fraction of sp³-hybridized carbons (Fsp3) is 0.933. The molecule has 0 radical (unpaired) electrons. The van der Waals surface area contributed by atoms with Crippen LogP contribution < -0.4 is 0 Å². The highest BCUT2D eigenvalue weighted by Gasteiger charge is 2.67. The molecular weight excluding hydrogens is 376 g/mol. The first-order valence-corrected chi connectivity index (χ1v) is 13.7. The van der Waals surface area contributed by atoms with Crippen LogP contribution in [0, 0.1) is 56.7 Å². The molecule has 1 heteroatoms. The normalized spacial score (nSPS) is 58.3. The van der Waals surface area contributed by atoms with Crippen molar-refractivity contribution in [3.63, 3.8) is 0 Å². The molecule has 0 aliphatic heterocycles. The van der Waals surface area contributed by atoms with Crippen LogP contribution in [0.1, 0.15) is 113 Å². The summed E-state index contributed by atoms with van der Waals surface area (Å²) in [5.74, 6) is 3.90. The molecule has 0 aromatic carbocycles. The van der Waals surface area contributed by atoms with Crippen LogP contribution in [0.4, 0.5) is 0 Å². The van der Waals surface area contributed by atoms with Gasteiger partial charge in [-0.3, -0.25) is 0 Å². The second kappa shape index (κ2) is 6.64. The van der Waals surface area contributed by atoms with Crippen LogP contribution in [-0.2, 0) is 0 Å². The minimum Gasteiger partial charge on any atom is -0.393 e. The van der Waals surface area contributed by atoms with Gasteiger partial charge in [-0.05, 0) is 114 Å². The lowest BCUT2D eigenvalue weighted by Gasteiger charge is -2.71. The molecule has 31 heavy (non-hydrogen) atoms. The van der Waals surface area contributed by atoms with Gasteiger partial charge in [-0.25, -0.2) is 0 Å². The van der Waals surface area contributed by atoms with Crippen LogP contribution >= 0.6 is 0 Å². The Morgan fingerprint density at radius 2 is 1.52 bits per heavy atom. The molecule has 0 saturated heterocycles. The van der Waals surface area contributed by atoms with E-state index in [1.165, 1.54) is 51.4 Å². The van der Waals surface area contributed by atoms with Crippen molar-refractivity contribution < 1.29 is 5.11 Å². The number of allylic oxidation sites excluding steroid dienone is 2. The van der Waals surface area contributed by atoms with E-state index in [2.05, 4.69) is 61.5 Å². The SMILES string of the molecule is C[C@@H]1CC[C@]2(C)CC[C@]3(C)C(=CCC4[C@@]5(C)CC[C@H](O)C(C)(C)C5CC[C@]43C)C2[C@H]1C. The van der Waals surface area contributed by atoms with Gasteiger partial charge in [0.25, 0.3) is 0 Å². The van der Waals surface area contributed by atoms with Crippen molar-refractivity contribution in [2.75, 3.05) is 0 Å². The maximum Gasteiger partial charge on any atom is 0.0594 e. The van der Waals surface area contributed by atoms with Gasteiger partial charge < -0.3 is 5.11 Å². The summed E-state index contributed by atoms with van der Waals surface area (Å²) in [6, 6.07) is 0. The van der Waals surface area contributed by atoms with E-state index >= 15 is 0 Å². The molecule has 5 aliphatic carbocycles. The van der Waals surface area contributed by atoms with Crippen molar-refractivity contribution in [1.82, 2.24) is 0 Å². The topological polar surface area (TPSA) is 20.2 Å². The van der Waals surface area contributed by atoms with Crippen LogP contribution in [-0.4, -0.2) is 11.2 Å². The highest BCUT2D eigenvalue weighted by atomic mass is 16.3. The summed E-state index contributed by atoms with van der Waals surface area (Å²) in [6.45, 7) is 20.5. The zero-order valence-corrected chi connectivity index (χ0v) is 21.9. The fourth-order valence-corrected chi connectivity index (χ4v) is 10.8. The third-order valence-electron chi connectivity index (χ3n) is 13.4. The van der Waals surface area contributed by atoms with Crippen molar-refractivity contribution in [3.05, 3.63) is 11.6 Å². The van der Waals surface area contributed by atoms with Gasteiger partial charge in [-0.15, -0.1) is 0 Å². The van der Waals surface area contributed by atoms with Gasteiger partial charge >= 0.3 is 0 Å². The predicted molar refractivity (Wildman–Crippen MR) is 131 cm³/mol. The standard InChI is InChI=1S/C30H50O/c1-19-11-14-27(5)17-18-29(7)21(25(27)20(19)2)9-10-23-28(6)15-13-24(31)26(3,4)22(28)12-16-30(23,29)8/h9,19-20,22-25,31H,10-18H2,1-8H3/t19-,20+,22?,23?,24+,25?,27-,28+,29-,30-/m1/s1. The van der Waals surface area contributed by atoms with Gasteiger partial charge in [0.1, 0.15) is 0 Å². The van der Waals surface area contributed by atoms with E-state index in [4.69, 9.17) is 0 Å². The Morgan fingerprint density at radius 3 is 2.23 bits per heavy atom. The Bertz CT molecular complexity index is 779. The lowest BCUT2D eigenvalue weighted by molar-refractivity contribution is -0.203. The van der Waals surface area contributed by atoms with Crippen molar-refractivity contribution in [3.8, 4) is 0 Å². The number of hydrogen-bond donors (Lipinski definition) is 1. The molecule has 0 bridgehead atoms. The maximum absolute atomic E-state index is 10.9.